The van der Waals surface area contributed by atoms with Crippen LogP contribution in [-0.4, -0.2) is 50.3 Å². The number of nitrogens with two attached hydrogens (primary N) is 1. The van der Waals surface area contributed by atoms with E-state index in [1.165, 1.54) is 12.1 Å². The number of hydrogen-bond acceptors (Lipinski definition) is 4. The van der Waals surface area contributed by atoms with Gasteiger partial charge >= 0.3 is 6.18 Å². The van der Waals surface area contributed by atoms with Gasteiger partial charge in [0.2, 0.25) is 0 Å². The fraction of sp³-hybridized carbons (Fsp3) is 0.435. The maximum absolute atomic E-state index is 13.0. The number of benzene rings is 2. The first-order valence-corrected chi connectivity index (χ1v) is 10.7. The van der Waals surface area contributed by atoms with E-state index < -0.39 is 11.7 Å². The highest BCUT2D eigenvalue weighted by molar-refractivity contribution is 14.0. The molecular formula is C23H28F3IN4O2. The smallest absolute Gasteiger partial charge is 0.416 e. The Morgan fingerprint density at radius 1 is 1.09 bits per heavy atom. The molecule has 10 heteroatoms. The number of halogens is 4. The van der Waals surface area contributed by atoms with Crippen molar-refractivity contribution in [3.05, 3.63) is 65.2 Å². The molecule has 2 heterocycles. The summed E-state index contributed by atoms with van der Waals surface area (Å²) in [6, 6.07) is 12.9. The molecule has 1 saturated heterocycles. The molecule has 2 aliphatic rings. The average molecular weight is 576 g/mol. The zero-order chi connectivity index (χ0) is 22.6. The van der Waals surface area contributed by atoms with Gasteiger partial charge in [-0.3, -0.25) is 9.89 Å². The van der Waals surface area contributed by atoms with E-state index in [2.05, 4.69) is 15.2 Å². The van der Waals surface area contributed by atoms with Gasteiger partial charge < -0.3 is 20.5 Å². The van der Waals surface area contributed by atoms with Crippen molar-refractivity contribution in [2.45, 2.75) is 24.7 Å². The van der Waals surface area contributed by atoms with Gasteiger partial charge in [0.1, 0.15) is 5.75 Å². The number of alkyl halides is 3. The summed E-state index contributed by atoms with van der Waals surface area (Å²) in [5.74, 6) is 1.14. The summed E-state index contributed by atoms with van der Waals surface area (Å²) in [6.07, 6.45) is -3.60. The molecule has 3 N–H and O–H groups in total. The molecule has 0 aromatic heterocycles. The lowest BCUT2D eigenvalue weighted by molar-refractivity contribution is -0.137. The molecule has 0 aliphatic carbocycles. The minimum atomic E-state index is -4.36. The minimum absolute atomic E-state index is 0. The number of nitrogens with one attached hydrogen (secondary N) is 1. The number of nitrogens with zero attached hydrogens (tertiary/aromatic N) is 2. The number of guanidine groups is 1. The van der Waals surface area contributed by atoms with Crippen LogP contribution in [0.2, 0.25) is 0 Å². The van der Waals surface area contributed by atoms with Gasteiger partial charge in [-0.1, -0.05) is 30.3 Å². The Morgan fingerprint density at radius 3 is 2.48 bits per heavy atom. The van der Waals surface area contributed by atoms with E-state index >= 15 is 0 Å². The molecule has 2 unspecified atom stereocenters. The van der Waals surface area contributed by atoms with E-state index in [1.54, 1.807) is 0 Å². The second-order valence-electron chi connectivity index (χ2n) is 7.88. The standard InChI is InChI=1S/C23H27F3N4O2.HI/c24-23(25,26)17-7-5-16(6-8-17)20(30-10-13-31-14-11-30)15-28-22(27)29-19-9-12-32-21-4-2-1-3-18(19)21;/h1-8,19-20H,9-15H2,(H3,27,28,29);1H. The predicted octanol–water partition coefficient (Wildman–Crippen LogP) is 4.12. The summed E-state index contributed by atoms with van der Waals surface area (Å²) in [6.45, 7) is 3.43. The SMILES string of the molecule is I.NC(=NCC(c1ccc(C(F)(F)F)cc1)N1CCOCC1)NC1CCOc2ccccc21. The molecule has 0 bridgehead atoms. The van der Waals surface area contributed by atoms with Crippen LogP contribution in [0, 0.1) is 0 Å². The van der Waals surface area contributed by atoms with Gasteiger partial charge in [-0.2, -0.15) is 13.2 Å². The van der Waals surface area contributed by atoms with Crippen LogP contribution in [0.5, 0.6) is 5.75 Å². The largest absolute Gasteiger partial charge is 0.493 e. The summed E-state index contributed by atoms with van der Waals surface area (Å²) in [7, 11) is 0. The Morgan fingerprint density at radius 2 is 1.79 bits per heavy atom. The Balaban J connectivity index is 0.00000306. The van der Waals surface area contributed by atoms with E-state index in [0.717, 1.165) is 35.4 Å². The molecule has 2 aliphatic heterocycles. The number of ether oxygens (including phenoxy) is 2. The van der Waals surface area contributed by atoms with Gasteiger partial charge in [0.05, 0.1) is 44.0 Å². The monoisotopic (exact) mass is 576 g/mol. The molecular weight excluding hydrogens is 548 g/mol. The van der Waals surface area contributed by atoms with Gasteiger partial charge in [-0.15, -0.1) is 24.0 Å². The van der Waals surface area contributed by atoms with Crippen molar-refractivity contribution in [1.82, 2.24) is 10.2 Å². The Kier molecular flexibility index (Phi) is 8.82. The van der Waals surface area contributed by atoms with Crippen molar-refractivity contribution < 1.29 is 22.6 Å². The quantitative estimate of drug-likeness (QED) is 0.319. The van der Waals surface area contributed by atoms with Crippen LogP contribution in [0.3, 0.4) is 0 Å². The van der Waals surface area contributed by atoms with Crippen LogP contribution in [0.25, 0.3) is 0 Å². The lowest BCUT2D eigenvalue weighted by atomic mass is 10.0. The summed E-state index contributed by atoms with van der Waals surface area (Å²) in [5, 5.41) is 3.27. The lowest BCUT2D eigenvalue weighted by Gasteiger charge is -2.34. The van der Waals surface area contributed by atoms with Crippen LogP contribution in [0.4, 0.5) is 13.2 Å². The molecule has 33 heavy (non-hydrogen) atoms. The Labute approximate surface area is 208 Å². The first-order chi connectivity index (χ1) is 15.4. The molecule has 0 amide bonds. The van der Waals surface area contributed by atoms with Crippen LogP contribution >= 0.6 is 24.0 Å². The van der Waals surface area contributed by atoms with Gasteiger partial charge in [-0.05, 0) is 23.8 Å². The summed E-state index contributed by atoms with van der Waals surface area (Å²) >= 11 is 0. The van der Waals surface area contributed by atoms with E-state index in [-0.39, 0.29) is 36.1 Å². The third-order valence-corrected chi connectivity index (χ3v) is 5.82. The summed E-state index contributed by atoms with van der Waals surface area (Å²) in [4.78, 5) is 6.73. The van der Waals surface area contributed by atoms with E-state index in [4.69, 9.17) is 15.2 Å². The number of morpholine rings is 1. The lowest BCUT2D eigenvalue weighted by Crippen LogP contribution is -2.41. The van der Waals surface area contributed by atoms with E-state index in [9.17, 15) is 13.2 Å². The van der Waals surface area contributed by atoms with Gasteiger partial charge in [0.25, 0.3) is 0 Å². The summed E-state index contributed by atoms with van der Waals surface area (Å²) < 4.78 is 50.0. The molecule has 0 spiro atoms. The normalized spacial score (nSPS) is 20.2. The summed E-state index contributed by atoms with van der Waals surface area (Å²) in [5.41, 5.74) is 7.35. The second kappa shape index (κ2) is 11.4. The van der Waals surface area contributed by atoms with Crippen LogP contribution in [0.1, 0.15) is 35.2 Å². The highest BCUT2D eigenvalue weighted by Crippen LogP contribution is 2.32. The van der Waals surface area contributed by atoms with Crippen molar-refractivity contribution in [3.8, 4) is 5.75 Å². The van der Waals surface area contributed by atoms with Crippen molar-refractivity contribution in [3.63, 3.8) is 0 Å². The number of fused-ring (bicyclic) bond motifs is 1. The van der Waals surface area contributed by atoms with E-state index in [0.29, 0.717) is 45.4 Å². The highest BCUT2D eigenvalue weighted by atomic mass is 127. The topological polar surface area (TPSA) is 72.1 Å². The molecule has 0 saturated carbocycles. The third kappa shape index (κ3) is 6.51. The fourth-order valence-corrected chi connectivity index (χ4v) is 4.12. The molecule has 4 rings (SSSR count). The zero-order valence-electron chi connectivity index (χ0n) is 18.1. The number of rotatable bonds is 5. The number of aliphatic imine (C=N–C) groups is 1. The molecule has 1 fully saturated rings. The first-order valence-electron chi connectivity index (χ1n) is 10.7. The highest BCUT2D eigenvalue weighted by Gasteiger charge is 2.31. The minimum Gasteiger partial charge on any atom is -0.493 e. The third-order valence-electron chi connectivity index (χ3n) is 5.82. The predicted molar refractivity (Wildman–Crippen MR) is 131 cm³/mol. The molecule has 6 nitrogen and oxygen atoms in total. The van der Waals surface area contributed by atoms with Crippen molar-refractivity contribution in [1.29, 1.82) is 0 Å². The molecule has 180 valence electrons. The average Bonchev–Trinajstić information content (AvgIpc) is 2.80. The van der Waals surface area contributed by atoms with Crippen LogP contribution in [0.15, 0.2) is 53.5 Å². The molecule has 2 aromatic carbocycles. The zero-order valence-corrected chi connectivity index (χ0v) is 20.4. The molecule has 2 atom stereocenters. The van der Waals surface area contributed by atoms with Gasteiger partial charge in [-0.25, -0.2) is 0 Å². The van der Waals surface area contributed by atoms with Crippen molar-refractivity contribution in [2.24, 2.45) is 10.7 Å². The van der Waals surface area contributed by atoms with Crippen molar-refractivity contribution >= 4 is 29.9 Å². The Bertz CT molecular complexity index is 934. The molecule has 2 aromatic rings. The van der Waals surface area contributed by atoms with Crippen LogP contribution in [-0.2, 0) is 10.9 Å². The van der Waals surface area contributed by atoms with E-state index in [1.807, 2.05) is 24.3 Å². The van der Waals surface area contributed by atoms with Gasteiger partial charge in [0, 0.05) is 25.1 Å². The fourth-order valence-electron chi connectivity index (χ4n) is 4.12. The number of para-hydroxylation sites is 1. The second-order valence-corrected chi connectivity index (χ2v) is 7.88. The van der Waals surface area contributed by atoms with Crippen molar-refractivity contribution in [2.75, 3.05) is 39.5 Å². The maximum Gasteiger partial charge on any atom is 0.416 e. The van der Waals surface area contributed by atoms with Gasteiger partial charge in [0.15, 0.2) is 5.96 Å². The first kappa shape index (κ1) is 25.6. The molecule has 0 radical (unpaired) electrons. The van der Waals surface area contributed by atoms with Crippen LogP contribution < -0.4 is 15.8 Å². The number of hydrogen-bond donors (Lipinski definition) is 2. The Hall–Kier alpha value is -2.05. The maximum atomic E-state index is 13.0.